The lowest BCUT2D eigenvalue weighted by molar-refractivity contribution is -0.273. The summed E-state index contributed by atoms with van der Waals surface area (Å²) in [6, 6.07) is 6.23. The lowest BCUT2D eigenvalue weighted by atomic mass is 9.97. The minimum absolute atomic E-state index is 0.158. The molecule has 0 aromatic heterocycles. The zero-order chi connectivity index (χ0) is 17.7. The van der Waals surface area contributed by atoms with E-state index in [9.17, 15) is 20.1 Å². The summed E-state index contributed by atoms with van der Waals surface area (Å²) in [7, 11) is 1.57. The molecule has 4 N–H and O–H groups in total. The summed E-state index contributed by atoms with van der Waals surface area (Å²) in [5, 5.41) is 31.9. The SMILES string of the molecule is COc1ccc(CO[C@H]2O[C@@H](CO)[C@@H](O)[C@@H](O)[C@H]2NC(C)=O)cc1. The van der Waals surface area contributed by atoms with Crippen LogP contribution in [0.1, 0.15) is 12.5 Å². The lowest BCUT2D eigenvalue weighted by Crippen LogP contribution is -2.64. The molecule has 1 aliphatic heterocycles. The maximum Gasteiger partial charge on any atom is 0.217 e. The van der Waals surface area contributed by atoms with Crippen molar-refractivity contribution in [2.45, 2.75) is 44.2 Å². The van der Waals surface area contributed by atoms with Crippen molar-refractivity contribution < 1.29 is 34.3 Å². The number of benzene rings is 1. The van der Waals surface area contributed by atoms with Crippen molar-refractivity contribution in [3.8, 4) is 5.75 Å². The number of methoxy groups -OCH3 is 1. The standard InChI is InChI=1S/C16H23NO7/c1-9(19)17-13-15(21)14(20)12(7-18)24-16(13)23-8-10-3-5-11(22-2)6-4-10/h3-6,12-16,18,20-21H,7-8H2,1-2H3,(H,17,19)/t12-,13+,14+,15-,16-/m0/s1. The largest absolute Gasteiger partial charge is 0.497 e. The van der Waals surface area contributed by atoms with Gasteiger partial charge in [-0.3, -0.25) is 4.79 Å². The lowest BCUT2D eigenvalue weighted by Gasteiger charge is -2.42. The van der Waals surface area contributed by atoms with Crippen molar-refractivity contribution in [2.24, 2.45) is 0 Å². The first-order chi connectivity index (χ1) is 11.5. The molecule has 0 unspecified atom stereocenters. The molecule has 0 radical (unpaired) electrons. The van der Waals surface area contributed by atoms with Gasteiger partial charge in [0.05, 0.1) is 20.3 Å². The summed E-state index contributed by atoms with van der Waals surface area (Å²) in [6.07, 6.45) is -4.65. The van der Waals surface area contributed by atoms with Crippen LogP contribution in [0.15, 0.2) is 24.3 Å². The van der Waals surface area contributed by atoms with E-state index in [4.69, 9.17) is 14.2 Å². The Morgan fingerprint density at radius 1 is 1.25 bits per heavy atom. The van der Waals surface area contributed by atoms with Crippen LogP contribution in [0.5, 0.6) is 5.75 Å². The second-order valence-corrected chi connectivity index (χ2v) is 5.59. The Kier molecular flexibility index (Phi) is 6.52. The smallest absolute Gasteiger partial charge is 0.217 e. The average molecular weight is 341 g/mol. The van der Waals surface area contributed by atoms with Gasteiger partial charge < -0.3 is 34.8 Å². The quantitative estimate of drug-likeness (QED) is 0.533. The zero-order valence-corrected chi connectivity index (χ0v) is 13.6. The average Bonchev–Trinajstić information content (AvgIpc) is 2.58. The molecule has 134 valence electrons. The number of carbonyl (C=O) groups is 1. The summed E-state index contributed by atoms with van der Waals surface area (Å²) >= 11 is 0. The fraction of sp³-hybridized carbons (Fsp3) is 0.562. The predicted molar refractivity (Wildman–Crippen MR) is 83.1 cm³/mol. The van der Waals surface area contributed by atoms with Crippen LogP contribution in [0.3, 0.4) is 0 Å². The summed E-state index contributed by atoms with van der Waals surface area (Å²) in [5.41, 5.74) is 0.835. The Balaban J connectivity index is 2.06. The highest BCUT2D eigenvalue weighted by Gasteiger charge is 2.45. The molecular formula is C16H23NO7. The van der Waals surface area contributed by atoms with E-state index in [0.717, 1.165) is 5.56 Å². The monoisotopic (exact) mass is 341 g/mol. The normalized spacial score (nSPS) is 30.0. The van der Waals surface area contributed by atoms with Crippen LogP contribution in [0.4, 0.5) is 0 Å². The van der Waals surface area contributed by atoms with Crippen LogP contribution in [0.2, 0.25) is 0 Å². The maximum atomic E-state index is 11.3. The molecule has 1 heterocycles. The molecular weight excluding hydrogens is 318 g/mol. The predicted octanol–water partition coefficient (Wildman–Crippen LogP) is -0.844. The number of aliphatic hydroxyl groups excluding tert-OH is 3. The number of rotatable bonds is 6. The molecule has 24 heavy (non-hydrogen) atoms. The van der Waals surface area contributed by atoms with Crippen molar-refractivity contribution in [3.05, 3.63) is 29.8 Å². The molecule has 8 heteroatoms. The van der Waals surface area contributed by atoms with Crippen LogP contribution in [-0.2, 0) is 20.9 Å². The molecule has 2 rings (SSSR count). The van der Waals surface area contributed by atoms with Gasteiger partial charge in [0.15, 0.2) is 6.29 Å². The Hall–Kier alpha value is -1.71. The Morgan fingerprint density at radius 2 is 1.92 bits per heavy atom. The second-order valence-electron chi connectivity index (χ2n) is 5.59. The molecule has 1 amide bonds. The highest BCUT2D eigenvalue weighted by molar-refractivity contribution is 5.73. The first-order valence-corrected chi connectivity index (χ1v) is 7.60. The second kappa shape index (κ2) is 8.41. The van der Waals surface area contributed by atoms with Crippen molar-refractivity contribution in [1.29, 1.82) is 0 Å². The topological polar surface area (TPSA) is 117 Å². The van der Waals surface area contributed by atoms with Crippen LogP contribution in [0.25, 0.3) is 0 Å². The third kappa shape index (κ3) is 4.43. The van der Waals surface area contributed by atoms with Crippen molar-refractivity contribution >= 4 is 5.91 Å². The van der Waals surface area contributed by atoms with Crippen LogP contribution >= 0.6 is 0 Å². The Morgan fingerprint density at radius 3 is 2.46 bits per heavy atom. The number of ether oxygens (including phenoxy) is 3. The van der Waals surface area contributed by atoms with E-state index < -0.39 is 43.2 Å². The van der Waals surface area contributed by atoms with Crippen LogP contribution in [0, 0.1) is 0 Å². The summed E-state index contributed by atoms with van der Waals surface area (Å²) in [5.74, 6) is 0.318. The molecule has 0 aliphatic carbocycles. The number of hydrogen-bond acceptors (Lipinski definition) is 7. The van der Waals surface area contributed by atoms with E-state index >= 15 is 0 Å². The minimum Gasteiger partial charge on any atom is -0.497 e. The van der Waals surface area contributed by atoms with Gasteiger partial charge in [-0.2, -0.15) is 0 Å². The molecule has 0 spiro atoms. The Labute approximate surface area is 140 Å². The number of nitrogens with one attached hydrogen (secondary N) is 1. The van der Waals surface area contributed by atoms with E-state index in [-0.39, 0.29) is 6.61 Å². The zero-order valence-electron chi connectivity index (χ0n) is 13.6. The van der Waals surface area contributed by atoms with E-state index in [1.807, 2.05) is 12.1 Å². The van der Waals surface area contributed by atoms with Crippen molar-refractivity contribution in [2.75, 3.05) is 13.7 Å². The molecule has 1 saturated heterocycles. The van der Waals surface area contributed by atoms with Gasteiger partial charge in [0.2, 0.25) is 5.91 Å². The highest BCUT2D eigenvalue weighted by Crippen LogP contribution is 2.23. The van der Waals surface area contributed by atoms with Crippen LogP contribution in [-0.4, -0.2) is 65.6 Å². The van der Waals surface area contributed by atoms with Gasteiger partial charge in [0.1, 0.15) is 30.1 Å². The summed E-state index contributed by atoms with van der Waals surface area (Å²) in [4.78, 5) is 11.3. The van der Waals surface area contributed by atoms with Crippen molar-refractivity contribution in [1.82, 2.24) is 5.32 Å². The minimum atomic E-state index is -1.33. The van der Waals surface area contributed by atoms with Gasteiger partial charge in [0, 0.05) is 6.92 Å². The molecule has 8 nitrogen and oxygen atoms in total. The Bertz CT molecular complexity index is 536. The van der Waals surface area contributed by atoms with Gasteiger partial charge in [0.25, 0.3) is 0 Å². The summed E-state index contributed by atoms with van der Waals surface area (Å²) in [6.45, 7) is 0.969. The van der Waals surface area contributed by atoms with E-state index in [1.165, 1.54) is 6.92 Å². The van der Waals surface area contributed by atoms with Crippen molar-refractivity contribution in [3.63, 3.8) is 0 Å². The molecule has 5 atom stereocenters. The number of hydrogen-bond donors (Lipinski definition) is 4. The maximum absolute atomic E-state index is 11.3. The molecule has 1 aromatic carbocycles. The number of amides is 1. The van der Waals surface area contributed by atoms with Crippen LogP contribution < -0.4 is 10.1 Å². The van der Waals surface area contributed by atoms with Gasteiger partial charge in [-0.25, -0.2) is 0 Å². The summed E-state index contributed by atoms with van der Waals surface area (Å²) < 4.78 is 16.2. The fourth-order valence-electron chi connectivity index (χ4n) is 2.51. The molecule has 1 aliphatic rings. The van der Waals surface area contributed by atoms with Gasteiger partial charge in [-0.05, 0) is 17.7 Å². The first-order valence-electron chi connectivity index (χ1n) is 7.60. The van der Waals surface area contributed by atoms with E-state index in [2.05, 4.69) is 5.32 Å². The molecule has 0 bridgehead atoms. The third-order valence-corrected chi connectivity index (χ3v) is 3.82. The van der Waals surface area contributed by atoms with Gasteiger partial charge in [-0.1, -0.05) is 12.1 Å². The first kappa shape index (κ1) is 18.6. The fourth-order valence-corrected chi connectivity index (χ4v) is 2.51. The van der Waals surface area contributed by atoms with E-state index in [0.29, 0.717) is 5.75 Å². The molecule has 1 fully saturated rings. The van der Waals surface area contributed by atoms with Gasteiger partial charge in [-0.15, -0.1) is 0 Å². The highest BCUT2D eigenvalue weighted by atomic mass is 16.7. The van der Waals surface area contributed by atoms with Gasteiger partial charge >= 0.3 is 0 Å². The third-order valence-electron chi connectivity index (χ3n) is 3.82. The number of aliphatic hydroxyl groups is 3. The molecule has 1 aromatic rings. The van der Waals surface area contributed by atoms with E-state index in [1.54, 1.807) is 19.2 Å². The number of carbonyl (C=O) groups excluding carboxylic acids is 1. The molecule has 0 saturated carbocycles.